The highest BCUT2D eigenvalue weighted by atomic mass is 127. The Kier molecular flexibility index (Phi) is 6.98. The van der Waals surface area contributed by atoms with Crippen LogP contribution in [0.5, 0.6) is 5.75 Å². The number of ether oxygens (including phenoxy) is 2. The minimum Gasteiger partial charge on any atom is -0.489 e. The van der Waals surface area contributed by atoms with Crippen molar-refractivity contribution in [1.82, 2.24) is 0 Å². The molecule has 7 heteroatoms. The van der Waals surface area contributed by atoms with Crippen molar-refractivity contribution >= 4 is 34.4 Å². The van der Waals surface area contributed by atoms with Crippen LogP contribution in [0.1, 0.15) is 23.6 Å². The van der Waals surface area contributed by atoms with Crippen molar-refractivity contribution in [3.8, 4) is 5.75 Å². The van der Waals surface area contributed by atoms with E-state index in [-0.39, 0.29) is 6.61 Å². The van der Waals surface area contributed by atoms with Gasteiger partial charge in [-0.2, -0.15) is 8.78 Å². The number of nitrogens with one attached hydrogen (secondary N) is 1. The summed E-state index contributed by atoms with van der Waals surface area (Å²) in [6, 6.07) is 11.3. The van der Waals surface area contributed by atoms with Crippen molar-refractivity contribution in [1.29, 1.82) is 0 Å². The maximum atomic E-state index is 12.2. The second-order valence-corrected chi connectivity index (χ2v) is 6.47. The number of carbonyl (C=O) groups excluding carboxylic acids is 1. The number of benzene rings is 2. The lowest BCUT2D eigenvalue weighted by Crippen LogP contribution is -2.18. The van der Waals surface area contributed by atoms with Gasteiger partial charge in [0.25, 0.3) is 0 Å². The zero-order valence-corrected chi connectivity index (χ0v) is 16.0. The van der Waals surface area contributed by atoms with E-state index in [1.165, 1.54) is 5.56 Å². The zero-order valence-electron chi connectivity index (χ0n) is 13.8. The third kappa shape index (κ3) is 5.55. The summed E-state index contributed by atoms with van der Waals surface area (Å²) >= 11 is 2.01. The number of halogens is 3. The fourth-order valence-corrected chi connectivity index (χ4v) is 2.98. The van der Waals surface area contributed by atoms with Gasteiger partial charge in [0.1, 0.15) is 12.4 Å². The Bertz CT molecular complexity index is 753. The highest BCUT2D eigenvalue weighted by Gasteiger charge is 2.15. The van der Waals surface area contributed by atoms with Crippen LogP contribution in [0.15, 0.2) is 36.4 Å². The third-order valence-corrected chi connectivity index (χ3v) is 4.45. The smallest absolute Gasteiger partial charge is 0.416 e. The van der Waals surface area contributed by atoms with Crippen LogP contribution < -0.4 is 10.1 Å². The van der Waals surface area contributed by atoms with Crippen molar-refractivity contribution in [2.75, 3.05) is 5.32 Å². The second kappa shape index (κ2) is 8.98. The first-order valence-corrected chi connectivity index (χ1v) is 8.74. The summed E-state index contributed by atoms with van der Waals surface area (Å²) in [7, 11) is 0. The molecule has 1 N–H and O–H groups in total. The predicted octanol–water partition coefficient (Wildman–Crippen LogP) is 5.51. The normalized spacial score (nSPS) is 10.6. The Labute approximate surface area is 158 Å². The molecule has 0 fully saturated rings. The Morgan fingerprint density at radius 2 is 2.04 bits per heavy atom. The van der Waals surface area contributed by atoms with Crippen LogP contribution in [0.25, 0.3) is 0 Å². The number of carbonyl (C=O) groups is 1. The van der Waals surface area contributed by atoms with Crippen LogP contribution in [-0.2, 0) is 17.8 Å². The molecule has 0 saturated heterocycles. The van der Waals surface area contributed by atoms with E-state index in [0.717, 1.165) is 17.7 Å². The zero-order chi connectivity index (χ0) is 18.4. The SMILES string of the molecule is CCc1ccc(OCc2cccc(I)c2NC(=O)OC(F)F)c(C)c1. The Balaban J connectivity index is 2.14. The highest BCUT2D eigenvalue weighted by Crippen LogP contribution is 2.26. The summed E-state index contributed by atoms with van der Waals surface area (Å²) in [6.07, 6.45) is -0.262. The molecule has 0 aromatic heterocycles. The number of para-hydroxylation sites is 1. The summed E-state index contributed by atoms with van der Waals surface area (Å²) < 4.78 is 34.7. The number of hydrogen-bond acceptors (Lipinski definition) is 3. The number of alkyl halides is 2. The largest absolute Gasteiger partial charge is 0.489 e. The summed E-state index contributed by atoms with van der Waals surface area (Å²) in [5.41, 5.74) is 3.29. The number of anilines is 1. The summed E-state index contributed by atoms with van der Waals surface area (Å²) in [5.74, 6) is 0.733. The van der Waals surface area contributed by atoms with E-state index in [2.05, 4.69) is 23.0 Å². The fraction of sp³-hybridized carbons (Fsp3) is 0.278. The van der Waals surface area contributed by atoms with Gasteiger partial charge >= 0.3 is 12.7 Å². The molecule has 0 heterocycles. The van der Waals surface area contributed by atoms with Gasteiger partial charge in [0.2, 0.25) is 0 Å². The second-order valence-electron chi connectivity index (χ2n) is 5.31. The molecule has 1 amide bonds. The Hall–Kier alpha value is -1.90. The maximum Gasteiger partial charge on any atom is 0.416 e. The van der Waals surface area contributed by atoms with E-state index < -0.39 is 12.7 Å². The van der Waals surface area contributed by atoms with Crippen molar-refractivity contribution in [2.45, 2.75) is 33.5 Å². The van der Waals surface area contributed by atoms with E-state index in [1.54, 1.807) is 18.2 Å². The van der Waals surface area contributed by atoms with Gasteiger partial charge in [-0.25, -0.2) is 4.79 Å². The molecule has 2 rings (SSSR count). The van der Waals surface area contributed by atoms with Crippen molar-refractivity contribution < 1.29 is 23.0 Å². The molecular formula is C18H18F2INO3. The lowest BCUT2D eigenvalue weighted by molar-refractivity contribution is -0.0766. The summed E-state index contributed by atoms with van der Waals surface area (Å²) in [4.78, 5) is 11.5. The van der Waals surface area contributed by atoms with Gasteiger partial charge in [-0.05, 0) is 59.2 Å². The first-order chi connectivity index (χ1) is 11.9. The van der Waals surface area contributed by atoms with Crippen LogP contribution in [0.4, 0.5) is 19.3 Å². The molecule has 0 aliphatic rings. The fourth-order valence-electron chi connectivity index (χ4n) is 2.29. The summed E-state index contributed by atoms with van der Waals surface area (Å²) in [5, 5.41) is 2.35. The molecule has 0 aliphatic heterocycles. The molecule has 0 aliphatic carbocycles. The molecule has 134 valence electrons. The third-order valence-electron chi connectivity index (χ3n) is 3.55. The molecule has 0 atom stereocenters. The summed E-state index contributed by atoms with van der Waals surface area (Å²) in [6.45, 7) is 1.06. The quantitative estimate of drug-likeness (QED) is 0.578. The van der Waals surface area contributed by atoms with Crippen molar-refractivity contribution in [3.63, 3.8) is 0 Å². The first-order valence-electron chi connectivity index (χ1n) is 7.66. The van der Waals surface area contributed by atoms with Gasteiger partial charge in [-0.1, -0.05) is 31.2 Å². The van der Waals surface area contributed by atoms with Crippen LogP contribution in [0.3, 0.4) is 0 Å². The molecule has 25 heavy (non-hydrogen) atoms. The molecule has 0 saturated carbocycles. The maximum absolute atomic E-state index is 12.2. The number of rotatable bonds is 6. The highest BCUT2D eigenvalue weighted by molar-refractivity contribution is 14.1. The van der Waals surface area contributed by atoms with Gasteiger partial charge < -0.3 is 9.47 Å². The molecule has 0 radical (unpaired) electrons. The molecule has 4 nitrogen and oxygen atoms in total. The molecule has 0 spiro atoms. The average Bonchev–Trinajstić information content (AvgIpc) is 2.55. The minimum atomic E-state index is -3.17. The number of hydrogen-bond donors (Lipinski definition) is 1. The molecular weight excluding hydrogens is 443 g/mol. The van der Waals surface area contributed by atoms with Gasteiger partial charge in [-0.15, -0.1) is 0 Å². The monoisotopic (exact) mass is 461 g/mol. The lowest BCUT2D eigenvalue weighted by atomic mass is 10.1. The average molecular weight is 461 g/mol. The molecule has 2 aromatic carbocycles. The van der Waals surface area contributed by atoms with Crippen LogP contribution >= 0.6 is 22.6 Å². The Morgan fingerprint density at radius 3 is 2.68 bits per heavy atom. The van der Waals surface area contributed by atoms with Crippen LogP contribution in [0.2, 0.25) is 0 Å². The van der Waals surface area contributed by atoms with Crippen molar-refractivity contribution in [2.24, 2.45) is 0 Å². The van der Waals surface area contributed by atoms with Gasteiger partial charge in [-0.3, -0.25) is 5.32 Å². The minimum absolute atomic E-state index is 0.188. The number of aryl methyl sites for hydroxylation is 2. The van der Waals surface area contributed by atoms with E-state index in [0.29, 0.717) is 14.8 Å². The van der Waals surface area contributed by atoms with Gasteiger partial charge in [0, 0.05) is 9.13 Å². The van der Waals surface area contributed by atoms with E-state index >= 15 is 0 Å². The Morgan fingerprint density at radius 1 is 1.28 bits per heavy atom. The van der Waals surface area contributed by atoms with Gasteiger partial charge in [0.05, 0.1) is 5.69 Å². The van der Waals surface area contributed by atoms with Crippen molar-refractivity contribution in [3.05, 3.63) is 56.7 Å². The molecule has 0 bridgehead atoms. The van der Waals surface area contributed by atoms with Crippen LogP contribution in [-0.4, -0.2) is 12.7 Å². The lowest BCUT2D eigenvalue weighted by Gasteiger charge is -2.15. The van der Waals surface area contributed by atoms with Gasteiger partial charge in [0.15, 0.2) is 0 Å². The first kappa shape index (κ1) is 19.4. The predicted molar refractivity (Wildman–Crippen MR) is 100 cm³/mol. The van der Waals surface area contributed by atoms with E-state index in [4.69, 9.17) is 4.74 Å². The van der Waals surface area contributed by atoms with E-state index in [9.17, 15) is 13.6 Å². The van der Waals surface area contributed by atoms with E-state index in [1.807, 2.05) is 41.6 Å². The molecule has 0 unspecified atom stereocenters. The molecule has 2 aromatic rings. The number of amides is 1. The van der Waals surface area contributed by atoms with Crippen LogP contribution in [0, 0.1) is 10.5 Å². The standard InChI is InChI=1S/C18H18F2INO3/c1-3-12-7-8-15(11(2)9-12)24-10-13-5-4-6-14(21)16(13)22-18(23)25-17(19)20/h4-9,17H,3,10H2,1-2H3,(H,22,23). The topological polar surface area (TPSA) is 47.6 Å².